The fourth-order valence-electron chi connectivity index (χ4n) is 10.8. The summed E-state index contributed by atoms with van der Waals surface area (Å²) in [5, 5.41) is 87.1. The minimum absolute atomic E-state index is 0.249. The highest BCUT2D eigenvalue weighted by Gasteiger charge is 2.51. The standard InChI is InChI=1S/C65H121NO13/c1-3-5-7-9-11-13-15-17-19-20-21-22-23-24-25-26-27-28-29-30-31-32-33-35-37-39-41-43-45-47-49-57(70)66-53(54(69)48-46-44-42-40-38-36-34-18-16-14-12-10-8-6-4-2)52-76-64-62(75)60(73)63(56(51-68)78-64)79-65-61(74)59(72)58(71)55(50-67)77-65/h16,18,38,40,46,48,53-56,58-65,67-69,71-75H,3-15,17,19-37,39,41-45,47,49-52H2,1-2H3,(H,66,70)/b18-16+,40-38+,48-46+. The average molecular weight is 1120 g/mol. The summed E-state index contributed by atoms with van der Waals surface area (Å²) in [6.07, 6.45) is 46.4. The van der Waals surface area contributed by atoms with Crippen LogP contribution >= 0.6 is 0 Å². The molecule has 0 aliphatic carbocycles. The first-order chi connectivity index (χ1) is 38.6. The van der Waals surface area contributed by atoms with Crippen LogP contribution in [-0.4, -0.2) is 140 Å². The summed E-state index contributed by atoms with van der Waals surface area (Å²) in [6, 6.07) is -0.935. The number of unbranched alkanes of at least 4 members (excludes halogenated alkanes) is 36. The van der Waals surface area contributed by atoms with Crippen LogP contribution in [0.4, 0.5) is 0 Å². The molecule has 2 fully saturated rings. The van der Waals surface area contributed by atoms with Crippen molar-refractivity contribution < 1.29 is 64.6 Å². The lowest BCUT2D eigenvalue weighted by Crippen LogP contribution is -2.65. The van der Waals surface area contributed by atoms with Crippen LogP contribution in [0.5, 0.6) is 0 Å². The van der Waals surface area contributed by atoms with Crippen molar-refractivity contribution in [2.24, 2.45) is 0 Å². The Morgan fingerprint density at radius 1 is 0.443 bits per heavy atom. The molecule has 0 aromatic carbocycles. The lowest BCUT2D eigenvalue weighted by molar-refractivity contribution is -0.359. The zero-order chi connectivity index (χ0) is 57.4. The number of ether oxygens (including phenoxy) is 4. The maximum atomic E-state index is 13.3. The minimum Gasteiger partial charge on any atom is -0.394 e. The maximum Gasteiger partial charge on any atom is 0.220 e. The van der Waals surface area contributed by atoms with Gasteiger partial charge in [-0.05, 0) is 44.9 Å². The Labute approximate surface area is 481 Å². The molecular weight excluding hydrogens is 1000 g/mol. The van der Waals surface area contributed by atoms with Crippen molar-refractivity contribution in [3.8, 4) is 0 Å². The molecule has 14 nitrogen and oxygen atoms in total. The third kappa shape index (κ3) is 35.8. The predicted molar refractivity (Wildman–Crippen MR) is 318 cm³/mol. The van der Waals surface area contributed by atoms with E-state index >= 15 is 0 Å². The third-order valence-electron chi connectivity index (χ3n) is 16.1. The molecule has 0 aromatic heterocycles. The molecule has 0 spiro atoms. The molecule has 2 aliphatic heterocycles. The van der Waals surface area contributed by atoms with Crippen LogP contribution in [0.1, 0.15) is 277 Å². The lowest BCUT2D eigenvalue weighted by Gasteiger charge is -2.46. The molecular formula is C65H121NO13. The van der Waals surface area contributed by atoms with Crippen molar-refractivity contribution in [3.63, 3.8) is 0 Å². The van der Waals surface area contributed by atoms with Crippen molar-refractivity contribution in [1.82, 2.24) is 5.32 Å². The number of hydrogen-bond acceptors (Lipinski definition) is 13. The second kappa shape index (κ2) is 50.7. The van der Waals surface area contributed by atoms with Crippen LogP contribution in [0.25, 0.3) is 0 Å². The quantitative estimate of drug-likeness (QED) is 0.0204. The van der Waals surface area contributed by atoms with Crippen LogP contribution < -0.4 is 5.32 Å². The molecule has 14 heteroatoms. The van der Waals surface area contributed by atoms with Gasteiger partial charge in [-0.1, -0.05) is 262 Å². The molecule has 12 unspecified atom stereocenters. The highest BCUT2D eigenvalue weighted by atomic mass is 16.7. The Morgan fingerprint density at radius 3 is 1.24 bits per heavy atom. The molecule has 79 heavy (non-hydrogen) atoms. The first-order valence-corrected chi connectivity index (χ1v) is 32.7. The Kier molecular flexibility index (Phi) is 47.0. The van der Waals surface area contributed by atoms with Gasteiger partial charge in [0.15, 0.2) is 12.6 Å². The number of aliphatic hydroxyl groups is 8. The summed E-state index contributed by atoms with van der Waals surface area (Å²) in [4.78, 5) is 13.3. The topological polar surface area (TPSA) is 228 Å². The molecule has 2 saturated heterocycles. The van der Waals surface area contributed by atoms with E-state index in [9.17, 15) is 45.6 Å². The smallest absolute Gasteiger partial charge is 0.220 e. The van der Waals surface area contributed by atoms with E-state index in [1.54, 1.807) is 6.08 Å². The lowest BCUT2D eigenvalue weighted by atomic mass is 9.97. The van der Waals surface area contributed by atoms with E-state index in [-0.39, 0.29) is 18.9 Å². The summed E-state index contributed by atoms with van der Waals surface area (Å²) in [5.41, 5.74) is 0. The highest BCUT2D eigenvalue weighted by Crippen LogP contribution is 2.30. The molecule has 2 heterocycles. The van der Waals surface area contributed by atoms with Crippen molar-refractivity contribution in [2.45, 2.75) is 351 Å². The molecule has 0 aromatic rings. The number of aliphatic hydroxyl groups excluding tert-OH is 8. The number of allylic oxidation sites excluding steroid dienone is 5. The van der Waals surface area contributed by atoms with Gasteiger partial charge in [0.25, 0.3) is 0 Å². The number of carbonyl (C=O) groups excluding carboxylic acids is 1. The zero-order valence-corrected chi connectivity index (χ0v) is 50.1. The number of rotatable bonds is 53. The summed E-state index contributed by atoms with van der Waals surface area (Å²) < 4.78 is 22.8. The van der Waals surface area contributed by atoms with E-state index in [2.05, 4.69) is 43.5 Å². The van der Waals surface area contributed by atoms with Crippen molar-refractivity contribution in [2.75, 3.05) is 19.8 Å². The van der Waals surface area contributed by atoms with Gasteiger partial charge in [0.2, 0.25) is 5.91 Å². The van der Waals surface area contributed by atoms with Crippen LogP contribution in [0, 0.1) is 0 Å². The van der Waals surface area contributed by atoms with E-state index in [1.165, 1.54) is 199 Å². The largest absolute Gasteiger partial charge is 0.394 e. The Hall–Kier alpha value is -1.79. The van der Waals surface area contributed by atoms with Gasteiger partial charge < -0.3 is 65.1 Å². The van der Waals surface area contributed by atoms with E-state index < -0.39 is 86.8 Å². The fourth-order valence-corrected chi connectivity index (χ4v) is 10.8. The summed E-state index contributed by atoms with van der Waals surface area (Å²) in [5.74, 6) is -0.249. The fraction of sp³-hybridized carbons (Fsp3) is 0.892. The van der Waals surface area contributed by atoms with Gasteiger partial charge in [-0.2, -0.15) is 0 Å². The maximum absolute atomic E-state index is 13.3. The van der Waals surface area contributed by atoms with Crippen LogP contribution in [0.2, 0.25) is 0 Å². The van der Waals surface area contributed by atoms with Gasteiger partial charge in [0.05, 0.1) is 32.0 Å². The molecule has 0 saturated carbocycles. The zero-order valence-electron chi connectivity index (χ0n) is 50.1. The second-order valence-electron chi connectivity index (χ2n) is 23.2. The number of carbonyl (C=O) groups is 1. The average Bonchev–Trinajstić information content (AvgIpc) is 3.48. The van der Waals surface area contributed by atoms with Gasteiger partial charge in [0.1, 0.15) is 48.8 Å². The molecule has 9 N–H and O–H groups in total. The number of hydrogen-bond donors (Lipinski definition) is 9. The minimum atomic E-state index is -1.79. The van der Waals surface area contributed by atoms with Gasteiger partial charge in [-0.3, -0.25) is 4.79 Å². The first kappa shape index (κ1) is 73.3. The molecule has 2 rings (SSSR count). The van der Waals surface area contributed by atoms with E-state index in [0.717, 1.165) is 44.9 Å². The predicted octanol–water partition coefficient (Wildman–Crippen LogP) is 12.2. The van der Waals surface area contributed by atoms with Crippen LogP contribution in [0.15, 0.2) is 36.5 Å². The molecule has 1 amide bonds. The van der Waals surface area contributed by atoms with Crippen molar-refractivity contribution in [3.05, 3.63) is 36.5 Å². The Bertz CT molecular complexity index is 1460. The van der Waals surface area contributed by atoms with Crippen LogP contribution in [-0.2, 0) is 23.7 Å². The van der Waals surface area contributed by atoms with Crippen LogP contribution in [0.3, 0.4) is 0 Å². The van der Waals surface area contributed by atoms with E-state index in [1.807, 2.05) is 6.08 Å². The molecule has 12 atom stereocenters. The van der Waals surface area contributed by atoms with Gasteiger partial charge in [-0.25, -0.2) is 0 Å². The Morgan fingerprint density at radius 2 is 0.810 bits per heavy atom. The third-order valence-corrected chi connectivity index (χ3v) is 16.1. The van der Waals surface area contributed by atoms with Crippen molar-refractivity contribution >= 4 is 5.91 Å². The van der Waals surface area contributed by atoms with Gasteiger partial charge in [0, 0.05) is 6.42 Å². The van der Waals surface area contributed by atoms with Gasteiger partial charge >= 0.3 is 0 Å². The van der Waals surface area contributed by atoms with Crippen molar-refractivity contribution in [1.29, 1.82) is 0 Å². The van der Waals surface area contributed by atoms with E-state index in [0.29, 0.717) is 12.8 Å². The molecule has 0 radical (unpaired) electrons. The first-order valence-electron chi connectivity index (χ1n) is 32.7. The Balaban J connectivity index is 1.66. The number of nitrogens with one attached hydrogen (secondary N) is 1. The summed E-state index contributed by atoms with van der Waals surface area (Å²) >= 11 is 0. The summed E-state index contributed by atoms with van der Waals surface area (Å²) in [6.45, 7) is 2.78. The monoisotopic (exact) mass is 1120 g/mol. The molecule has 0 bridgehead atoms. The normalized spacial score (nSPS) is 24.6. The van der Waals surface area contributed by atoms with E-state index in [4.69, 9.17) is 18.9 Å². The molecule has 464 valence electrons. The second-order valence-corrected chi connectivity index (χ2v) is 23.2. The number of amides is 1. The van der Waals surface area contributed by atoms with Gasteiger partial charge in [-0.15, -0.1) is 0 Å². The molecule has 2 aliphatic rings. The highest BCUT2D eigenvalue weighted by molar-refractivity contribution is 5.76. The SMILES string of the molecule is CCCCCCC/C=C/CC/C=C/CC/C=C/C(O)C(COC1OC(CO)C(OC2OC(CO)C(O)C(O)C2O)C(O)C1O)NC(=O)CCCCCCCCCCCCCCCCCCCCCCCCCCCCCCCC. The summed E-state index contributed by atoms with van der Waals surface area (Å²) in [7, 11) is 0.